The number of nitrogens with two attached hydrogens (primary N) is 1. The fraction of sp³-hybridized carbons (Fsp3) is 0.283. The highest BCUT2D eigenvalue weighted by molar-refractivity contribution is 6.31. The van der Waals surface area contributed by atoms with E-state index in [9.17, 15) is 0 Å². The van der Waals surface area contributed by atoms with Gasteiger partial charge in [0.15, 0.2) is 0 Å². The molecule has 11 nitrogen and oxygen atoms in total. The van der Waals surface area contributed by atoms with Gasteiger partial charge in [0, 0.05) is 63.5 Å². The minimum absolute atomic E-state index is 0.188. The smallest absolute Gasteiger partial charge is 0.241 e. The van der Waals surface area contributed by atoms with Crippen molar-refractivity contribution < 1.29 is 18.3 Å². The van der Waals surface area contributed by atoms with Crippen molar-refractivity contribution in [2.75, 3.05) is 37.9 Å². The van der Waals surface area contributed by atoms with Gasteiger partial charge in [-0.05, 0) is 143 Å². The summed E-state index contributed by atoms with van der Waals surface area (Å²) in [7, 11) is 0. The Balaban J connectivity index is 0.980. The summed E-state index contributed by atoms with van der Waals surface area (Å²) in [5.74, 6) is 8.70. The first-order valence-electron chi connectivity index (χ1n) is 23.2. The molecule has 0 bridgehead atoms. The van der Waals surface area contributed by atoms with Gasteiger partial charge in [0.05, 0.1) is 47.7 Å². The van der Waals surface area contributed by atoms with Crippen LogP contribution in [0.5, 0.6) is 11.5 Å². The van der Waals surface area contributed by atoms with Crippen LogP contribution in [0.15, 0.2) is 122 Å². The van der Waals surface area contributed by atoms with Crippen LogP contribution in [-0.4, -0.2) is 79.2 Å². The second kappa shape index (κ2) is 19.8. The van der Waals surface area contributed by atoms with Crippen LogP contribution < -0.4 is 20.3 Å². The second-order valence-electron chi connectivity index (χ2n) is 17.3. The molecular weight excluding hydrogens is 904 g/mol. The molecule has 0 amide bonds. The van der Waals surface area contributed by atoms with Gasteiger partial charge < -0.3 is 14.0 Å². The zero-order valence-corrected chi connectivity index (χ0v) is 39.3. The number of anilines is 1. The Labute approximate surface area is 404 Å². The Morgan fingerprint density at radius 1 is 0.676 bits per heavy atom. The van der Waals surface area contributed by atoms with Gasteiger partial charge >= 0.3 is 0 Å². The summed E-state index contributed by atoms with van der Waals surface area (Å²) in [6, 6.07) is 31.8. The number of hydrogen-bond acceptors (Lipinski definition) is 10. The van der Waals surface area contributed by atoms with Crippen LogP contribution in [0.4, 0.5) is 14.7 Å². The topological polar surface area (TPSA) is 111 Å². The lowest BCUT2D eigenvalue weighted by atomic mass is 9.91. The SMILES string of the molecule is CCOc1cc(CN2CCC(N3CCC(N(N)c4nc(-c5ccccc5F)c5cc(Cl)ccc5n4)CC3c3nc(-c4ccccc4F)c4cc(Cl)ccc4n3)CC2)cc(OCC)c1-n1cccc1. The molecule has 2 atom stereocenters. The molecule has 348 valence electrons. The van der Waals surface area contributed by atoms with Crippen molar-refractivity contribution in [3.8, 4) is 39.7 Å². The molecule has 0 saturated carbocycles. The lowest BCUT2D eigenvalue weighted by Crippen LogP contribution is -2.54. The van der Waals surface area contributed by atoms with Gasteiger partial charge in [-0.25, -0.2) is 34.6 Å². The molecule has 15 heteroatoms. The van der Waals surface area contributed by atoms with Crippen molar-refractivity contribution in [2.45, 2.75) is 64.2 Å². The Morgan fingerprint density at radius 3 is 1.84 bits per heavy atom. The van der Waals surface area contributed by atoms with E-state index in [1.807, 2.05) is 49.0 Å². The third-order valence-electron chi connectivity index (χ3n) is 13.1. The van der Waals surface area contributed by atoms with Crippen LogP contribution in [0.1, 0.15) is 57.0 Å². The highest BCUT2D eigenvalue weighted by atomic mass is 35.5. The number of aromatic nitrogens is 5. The summed E-state index contributed by atoms with van der Waals surface area (Å²) in [6.07, 6.45) is 7.00. The number of nitrogens with zero attached hydrogens (tertiary/aromatic N) is 8. The first kappa shape index (κ1) is 45.6. The van der Waals surface area contributed by atoms with E-state index >= 15 is 8.78 Å². The normalized spacial score (nSPS) is 17.2. The minimum Gasteiger partial charge on any atom is -0.492 e. The van der Waals surface area contributed by atoms with Crippen LogP contribution in [0.25, 0.3) is 50.0 Å². The highest BCUT2D eigenvalue weighted by Crippen LogP contribution is 2.41. The highest BCUT2D eigenvalue weighted by Gasteiger charge is 2.40. The van der Waals surface area contributed by atoms with E-state index < -0.39 is 5.82 Å². The average Bonchev–Trinajstić information content (AvgIpc) is 3.89. The molecule has 8 aromatic rings. The Hall–Kier alpha value is -6.22. The van der Waals surface area contributed by atoms with Gasteiger partial charge in [-0.15, -0.1) is 0 Å². The summed E-state index contributed by atoms with van der Waals surface area (Å²) < 4.78 is 45.6. The van der Waals surface area contributed by atoms with Gasteiger partial charge in [0.1, 0.15) is 34.6 Å². The summed E-state index contributed by atoms with van der Waals surface area (Å²) >= 11 is 13.0. The predicted octanol–water partition coefficient (Wildman–Crippen LogP) is 11.6. The molecule has 10 rings (SSSR count). The fourth-order valence-corrected chi connectivity index (χ4v) is 10.3. The van der Waals surface area contributed by atoms with E-state index in [0.717, 1.165) is 55.2 Å². The zero-order valence-electron chi connectivity index (χ0n) is 37.8. The van der Waals surface area contributed by atoms with E-state index in [1.54, 1.807) is 71.7 Å². The Morgan fingerprint density at radius 2 is 1.25 bits per heavy atom. The lowest BCUT2D eigenvalue weighted by molar-refractivity contribution is 0.0377. The molecule has 0 radical (unpaired) electrons. The van der Waals surface area contributed by atoms with Gasteiger partial charge in [-0.2, -0.15) is 0 Å². The molecule has 2 saturated heterocycles. The molecule has 2 aliphatic heterocycles. The fourth-order valence-electron chi connectivity index (χ4n) is 9.92. The molecule has 5 aromatic carbocycles. The maximum Gasteiger partial charge on any atom is 0.241 e. The standard InChI is InChI=1S/C53H51Cl2F2N9O2/c1-3-67-47-27-33(28-48(68-4-2)51(47)64-22-9-10-23-64)32-63-24-19-36(20-25-63)65-26-21-37(66(58)53-60-45-18-16-35(55)30-41(45)50(62-53)39-12-6-8-14-43(39)57)31-46(65)52-59-44-17-15-34(54)29-40(44)49(61-52)38-11-5-7-13-42(38)56/h5-18,22-23,27-30,36-37,46H,3-4,19-21,24-26,31-32,58H2,1-2H3. The molecule has 2 unspecified atom stereocenters. The number of rotatable bonds is 13. The van der Waals surface area contributed by atoms with Crippen molar-refractivity contribution in [1.29, 1.82) is 0 Å². The van der Waals surface area contributed by atoms with Crippen molar-refractivity contribution in [3.63, 3.8) is 0 Å². The lowest BCUT2D eigenvalue weighted by Gasteiger charge is -2.47. The predicted molar refractivity (Wildman–Crippen MR) is 265 cm³/mol. The molecule has 0 spiro atoms. The molecule has 5 heterocycles. The number of piperidine rings is 2. The second-order valence-corrected chi connectivity index (χ2v) is 18.2. The number of halogens is 4. The summed E-state index contributed by atoms with van der Waals surface area (Å²) in [4.78, 5) is 25.3. The molecule has 3 aromatic heterocycles. The average molecular weight is 955 g/mol. The van der Waals surface area contributed by atoms with Crippen molar-refractivity contribution in [1.82, 2.24) is 34.3 Å². The van der Waals surface area contributed by atoms with Crippen molar-refractivity contribution >= 4 is 51.0 Å². The van der Waals surface area contributed by atoms with Gasteiger partial charge in [-0.3, -0.25) is 14.8 Å². The number of benzene rings is 5. The van der Waals surface area contributed by atoms with E-state index in [4.69, 9.17) is 58.5 Å². The van der Waals surface area contributed by atoms with Gasteiger partial charge in [-0.1, -0.05) is 47.5 Å². The van der Waals surface area contributed by atoms with Gasteiger partial charge in [0.2, 0.25) is 5.95 Å². The Kier molecular flexibility index (Phi) is 13.3. The number of likely N-dealkylation sites (tertiary alicyclic amines) is 2. The monoisotopic (exact) mass is 953 g/mol. The Bertz CT molecular complexity index is 3070. The number of hydrogen-bond donors (Lipinski definition) is 1. The summed E-state index contributed by atoms with van der Waals surface area (Å²) in [5.41, 5.74) is 4.81. The molecular formula is C53H51Cl2F2N9O2. The third-order valence-corrected chi connectivity index (χ3v) is 13.6. The van der Waals surface area contributed by atoms with Crippen LogP contribution in [0.2, 0.25) is 10.0 Å². The zero-order chi connectivity index (χ0) is 46.9. The van der Waals surface area contributed by atoms with Crippen LogP contribution in [-0.2, 0) is 6.54 Å². The molecule has 0 aliphatic carbocycles. The third kappa shape index (κ3) is 9.21. The maximum atomic E-state index is 15.7. The first-order valence-corrected chi connectivity index (χ1v) is 23.9. The quantitative estimate of drug-likeness (QED) is 0.0886. The number of ether oxygens (including phenoxy) is 2. The van der Waals surface area contributed by atoms with Gasteiger partial charge in [0.25, 0.3) is 0 Å². The largest absolute Gasteiger partial charge is 0.492 e. The maximum absolute atomic E-state index is 15.7. The summed E-state index contributed by atoms with van der Waals surface area (Å²) in [5, 5.41) is 3.87. The van der Waals surface area contributed by atoms with E-state index in [0.29, 0.717) is 92.8 Å². The first-order chi connectivity index (χ1) is 33.1. The number of hydrazine groups is 1. The van der Waals surface area contributed by atoms with E-state index in [2.05, 4.69) is 21.9 Å². The van der Waals surface area contributed by atoms with Crippen LogP contribution in [0.3, 0.4) is 0 Å². The van der Waals surface area contributed by atoms with E-state index in [-0.39, 0.29) is 29.9 Å². The molecule has 2 aliphatic rings. The number of fused-ring (bicyclic) bond motifs is 2. The van der Waals surface area contributed by atoms with E-state index in [1.165, 1.54) is 12.1 Å². The van der Waals surface area contributed by atoms with Crippen LogP contribution in [0, 0.1) is 11.6 Å². The molecule has 68 heavy (non-hydrogen) atoms. The molecule has 2 N–H and O–H groups in total. The van der Waals surface area contributed by atoms with Crippen molar-refractivity contribution in [3.05, 3.63) is 155 Å². The summed E-state index contributed by atoms with van der Waals surface area (Å²) in [6.45, 7) is 8.18. The minimum atomic E-state index is -0.418. The van der Waals surface area contributed by atoms with Crippen molar-refractivity contribution in [2.24, 2.45) is 5.84 Å². The van der Waals surface area contributed by atoms with Crippen LogP contribution >= 0.6 is 23.2 Å². The molecule has 2 fully saturated rings.